The first-order valence-electron chi connectivity index (χ1n) is 8.97. The average molecular weight is 417 g/mol. The maximum absolute atomic E-state index is 12.3. The predicted octanol–water partition coefficient (Wildman–Crippen LogP) is 4.19. The molecule has 3 aromatic rings. The Morgan fingerprint density at radius 1 is 1.25 bits per heavy atom. The molecule has 0 radical (unpaired) electrons. The van der Waals surface area contributed by atoms with Gasteiger partial charge in [0.2, 0.25) is 0 Å². The minimum Gasteiger partial charge on any atom is -0.494 e. The molecule has 0 bridgehead atoms. The Bertz CT molecular complexity index is 1040. The topological polar surface area (TPSA) is 70.2 Å². The van der Waals surface area contributed by atoms with Gasteiger partial charge in [-0.1, -0.05) is 11.6 Å². The van der Waals surface area contributed by atoms with Gasteiger partial charge in [-0.15, -0.1) is 0 Å². The molecule has 0 amide bonds. The lowest BCUT2D eigenvalue weighted by atomic mass is 10.2. The molecule has 28 heavy (non-hydrogen) atoms. The first-order chi connectivity index (χ1) is 13.5. The Morgan fingerprint density at radius 3 is 2.68 bits per heavy atom. The monoisotopic (exact) mass is 416 g/mol. The molecule has 0 spiro atoms. The van der Waals surface area contributed by atoms with Crippen LogP contribution >= 0.6 is 23.8 Å². The van der Waals surface area contributed by atoms with Gasteiger partial charge in [0.05, 0.1) is 24.1 Å². The van der Waals surface area contributed by atoms with Crippen LogP contribution in [0.4, 0.5) is 5.69 Å². The quantitative estimate of drug-likeness (QED) is 0.587. The lowest BCUT2D eigenvalue weighted by Gasteiger charge is -2.24. The first kappa shape index (κ1) is 20.1. The summed E-state index contributed by atoms with van der Waals surface area (Å²) in [4.78, 5) is 21.6. The first-order valence-corrected chi connectivity index (χ1v) is 9.76. The molecular formula is C20H21ClN4O2S. The molecule has 0 aliphatic rings. The zero-order valence-electron chi connectivity index (χ0n) is 15.7. The number of aromatic amines is 1. The molecule has 8 heteroatoms. The van der Waals surface area contributed by atoms with Crippen LogP contribution < -0.4 is 15.6 Å². The van der Waals surface area contributed by atoms with Crippen molar-refractivity contribution in [3.05, 3.63) is 63.7 Å². The van der Waals surface area contributed by atoms with Crippen molar-refractivity contribution in [3.8, 4) is 5.75 Å². The van der Waals surface area contributed by atoms with Crippen LogP contribution in [0.2, 0.25) is 5.02 Å². The zero-order chi connectivity index (χ0) is 20.1. The number of halogens is 1. The van der Waals surface area contributed by atoms with Gasteiger partial charge in [0.15, 0.2) is 5.11 Å². The summed E-state index contributed by atoms with van der Waals surface area (Å²) in [7, 11) is 0. The SMILES string of the molecule is CCOc1ccc(NC(=S)N(CC)Cc2nc3cc(Cl)ccc3c(=O)[nH]2)cc1. The summed E-state index contributed by atoms with van der Waals surface area (Å²) < 4.78 is 5.45. The Morgan fingerprint density at radius 2 is 2.00 bits per heavy atom. The third-order valence-corrected chi connectivity index (χ3v) is 4.74. The molecule has 0 atom stereocenters. The normalized spacial score (nSPS) is 10.7. The Balaban J connectivity index is 1.75. The van der Waals surface area contributed by atoms with E-state index in [1.54, 1.807) is 18.2 Å². The molecule has 2 aromatic carbocycles. The van der Waals surface area contributed by atoms with Crippen LogP contribution in [-0.2, 0) is 6.54 Å². The molecule has 0 fully saturated rings. The van der Waals surface area contributed by atoms with Gasteiger partial charge in [0, 0.05) is 17.3 Å². The molecule has 2 N–H and O–H groups in total. The van der Waals surface area contributed by atoms with Crippen molar-refractivity contribution < 1.29 is 4.74 Å². The van der Waals surface area contributed by atoms with Crippen molar-refractivity contribution >= 4 is 45.5 Å². The Kier molecular flexibility index (Phi) is 6.49. The van der Waals surface area contributed by atoms with Crippen LogP contribution in [0.3, 0.4) is 0 Å². The molecule has 0 aliphatic carbocycles. The number of nitrogens with zero attached hydrogens (tertiary/aromatic N) is 2. The van der Waals surface area contributed by atoms with Gasteiger partial charge >= 0.3 is 0 Å². The fourth-order valence-corrected chi connectivity index (χ4v) is 3.23. The summed E-state index contributed by atoms with van der Waals surface area (Å²) in [5.41, 5.74) is 1.23. The third kappa shape index (κ3) is 4.79. The molecule has 0 saturated carbocycles. The van der Waals surface area contributed by atoms with Crippen molar-refractivity contribution in [1.82, 2.24) is 14.9 Å². The molecule has 0 aliphatic heterocycles. The molecule has 3 rings (SSSR count). The predicted molar refractivity (Wildman–Crippen MR) is 117 cm³/mol. The molecule has 146 valence electrons. The Hall–Kier alpha value is -2.64. The van der Waals surface area contributed by atoms with Crippen LogP contribution in [0.5, 0.6) is 5.75 Å². The molecular weight excluding hydrogens is 396 g/mol. The highest BCUT2D eigenvalue weighted by atomic mass is 35.5. The van der Waals surface area contributed by atoms with E-state index in [1.165, 1.54) is 0 Å². The van der Waals surface area contributed by atoms with Gasteiger partial charge in [0.1, 0.15) is 11.6 Å². The zero-order valence-corrected chi connectivity index (χ0v) is 17.2. The average Bonchev–Trinajstić information content (AvgIpc) is 2.67. The summed E-state index contributed by atoms with van der Waals surface area (Å²) in [6, 6.07) is 12.6. The van der Waals surface area contributed by atoms with E-state index in [2.05, 4.69) is 15.3 Å². The molecule has 0 saturated heterocycles. The van der Waals surface area contributed by atoms with E-state index in [1.807, 2.05) is 43.0 Å². The largest absolute Gasteiger partial charge is 0.494 e. The summed E-state index contributed by atoms with van der Waals surface area (Å²) in [6.45, 7) is 5.58. The van der Waals surface area contributed by atoms with Gasteiger partial charge in [-0.3, -0.25) is 4.79 Å². The highest BCUT2D eigenvalue weighted by Gasteiger charge is 2.12. The van der Waals surface area contributed by atoms with Crippen molar-refractivity contribution in [2.75, 3.05) is 18.5 Å². The fourth-order valence-electron chi connectivity index (χ4n) is 2.75. The number of fused-ring (bicyclic) bond motifs is 1. The standard InChI is InChI=1S/C20H21ClN4O2S/c1-3-25(20(28)22-14-6-8-15(9-7-14)27-4-2)12-18-23-17-11-13(21)5-10-16(17)19(26)24-18/h5-11H,3-4,12H2,1-2H3,(H,22,28)(H,23,24,26). The number of hydrogen-bond acceptors (Lipinski definition) is 4. The van der Waals surface area contributed by atoms with Crippen LogP contribution in [0, 0.1) is 0 Å². The lowest BCUT2D eigenvalue weighted by Crippen LogP contribution is -2.35. The number of nitrogens with one attached hydrogen (secondary N) is 2. The second-order valence-corrected chi connectivity index (χ2v) is 6.90. The van der Waals surface area contributed by atoms with Crippen molar-refractivity contribution in [2.24, 2.45) is 0 Å². The van der Waals surface area contributed by atoms with Crippen molar-refractivity contribution in [3.63, 3.8) is 0 Å². The number of rotatable bonds is 6. The van der Waals surface area contributed by atoms with Crippen LogP contribution in [0.25, 0.3) is 10.9 Å². The van der Waals surface area contributed by atoms with Gasteiger partial charge in [-0.05, 0) is 68.5 Å². The molecule has 1 heterocycles. The summed E-state index contributed by atoms with van der Waals surface area (Å²) in [6.07, 6.45) is 0. The van der Waals surface area contributed by atoms with Crippen LogP contribution in [0.1, 0.15) is 19.7 Å². The van der Waals surface area contributed by atoms with E-state index in [4.69, 9.17) is 28.6 Å². The van der Waals surface area contributed by atoms with E-state index < -0.39 is 0 Å². The molecule has 1 aromatic heterocycles. The minimum absolute atomic E-state index is 0.196. The smallest absolute Gasteiger partial charge is 0.258 e. The van der Waals surface area contributed by atoms with Gasteiger partial charge in [-0.2, -0.15) is 0 Å². The van der Waals surface area contributed by atoms with Gasteiger partial charge in [0.25, 0.3) is 5.56 Å². The van der Waals surface area contributed by atoms with Crippen LogP contribution in [-0.4, -0.2) is 33.1 Å². The van der Waals surface area contributed by atoms with Crippen molar-refractivity contribution in [2.45, 2.75) is 20.4 Å². The number of benzene rings is 2. The van der Waals surface area contributed by atoms with E-state index >= 15 is 0 Å². The summed E-state index contributed by atoms with van der Waals surface area (Å²) in [5.74, 6) is 1.33. The van der Waals surface area contributed by atoms with Crippen LogP contribution in [0.15, 0.2) is 47.3 Å². The van der Waals surface area contributed by atoms with E-state index in [-0.39, 0.29) is 5.56 Å². The van der Waals surface area contributed by atoms with E-state index in [9.17, 15) is 4.79 Å². The van der Waals surface area contributed by atoms with Gasteiger partial charge < -0.3 is 19.9 Å². The lowest BCUT2D eigenvalue weighted by molar-refractivity contribution is 0.340. The molecule has 6 nitrogen and oxygen atoms in total. The number of anilines is 1. The van der Waals surface area contributed by atoms with Gasteiger partial charge in [-0.25, -0.2) is 4.98 Å². The van der Waals surface area contributed by atoms with Crippen molar-refractivity contribution in [1.29, 1.82) is 0 Å². The number of aromatic nitrogens is 2. The highest BCUT2D eigenvalue weighted by Crippen LogP contribution is 2.17. The minimum atomic E-state index is -0.196. The number of thiocarbonyl (C=S) groups is 1. The second-order valence-electron chi connectivity index (χ2n) is 6.08. The fraction of sp³-hybridized carbons (Fsp3) is 0.250. The number of H-pyrrole nitrogens is 1. The summed E-state index contributed by atoms with van der Waals surface area (Å²) >= 11 is 11.6. The second kappa shape index (κ2) is 9.03. The van der Waals surface area contributed by atoms with E-state index in [0.29, 0.717) is 46.6 Å². The maximum atomic E-state index is 12.3. The Labute approximate surface area is 173 Å². The van der Waals surface area contributed by atoms with E-state index in [0.717, 1.165) is 11.4 Å². The third-order valence-electron chi connectivity index (χ3n) is 4.14. The molecule has 0 unspecified atom stereocenters. The summed E-state index contributed by atoms with van der Waals surface area (Å²) in [5, 5.41) is 4.79. The number of hydrogen-bond donors (Lipinski definition) is 2. The highest BCUT2D eigenvalue weighted by molar-refractivity contribution is 7.80. The number of ether oxygens (including phenoxy) is 1. The maximum Gasteiger partial charge on any atom is 0.258 e.